The van der Waals surface area contributed by atoms with Gasteiger partial charge in [-0.1, -0.05) is 57.5 Å². The number of hydrogen-bond acceptors (Lipinski definition) is 1. The molecule has 1 saturated carbocycles. The minimum absolute atomic E-state index is 0.198. The highest BCUT2D eigenvalue weighted by Gasteiger charge is 2.39. The van der Waals surface area contributed by atoms with Crippen molar-refractivity contribution in [3.8, 4) is 0 Å². The molecule has 0 aliphatic heterocycles. The molecule has 1 aliphatic carbocycles. The second-order valence-electron chi connectivity index (χ2n) is 7.74. The Kier molecular flexibility index (Phi) is 4.67. The van der Waals surface area contributed by atoms with Crippen LogP contribution in [0, 0.1) is 10.8 Å². The largest absolute Gasteiger partial charge is 0.300 e. The molecule has 1 aliphatic rings. The van der Waals surface area contributed by atoms with Crippen molar-refractivity contribution in [2.45, 2.75) is 65.7 Å². The number of aryl methyl sites for hydroxylation is 1. The van der Waals surface area contributed by atoms with Gasteiger partial charge in [0.15, 0.2) is 0 Å². The topological polar surface area (TPSA) is 17.1 Å². The normalized spacial score (nSPS) is 25.6. The molecule has 20 heavy (non-hydrogen) atoms. The molecule has 110 valence electrons. The molecule has 0 unspecified atom stereocenters. The lowest BCUT2D eigenvalue weighted by atomic mass is 9.62. The molecule has 1 heteroatoms. The van der Waals surface area contributed by atoms with E-state index in [0.717, 1.165) is 19.3 Å². The van der Waals surface area contributed by atoms with E-state index in [0.29, 0.717) is 5.78 Å². The van der Waals surface area contributed by atoms with Gasteiger partial charge in [0, 0.05) is 12.8 Å². The van der Waals surface area contributed by atoms with Gasteiger partial charge in [0.2, 0.25) is 0 Å². The predicted molar refractivity (Wildman–Crippen MR) is 84.7 cm³/mol. The molecule has 0 N–H and O–H groups in total. The van der Waals surface area contributed by atoms with E-state index in [4.69, 9.17) is 0 Å². The molecule has 2 rings (SSSR count). The molecule has 0 radical (unpaired) electrons. The summed E-state index contributed by atoms with van der Waals surface area (Å²) < 4.78 is 0. The van der Waals surface area contributed by atoms with E-state index < -0.39 is 0 Å². The fourth-order valence-corrected chi connectivity index (χ4v) is 4.05. The maximum Gasteiger partial charge on any atom is 0.133 e. The van der Waals surface area contributed by atoms with E-state index in [1.54, 1.807) is 0 Å². The SMILES string of the molecule is CC1(C)CC(=O)C[C@@](C)(CCCCc2ccccc2)C1. The smallest absolute Gasteiger partial charge is 0.133 e. The molecule has 1 fully saturated rings. The second kappa shape index (κ2) is 6.11. The zero-order chi connectivity index (χ0) is 14.6. The van der Waals surface area contributed by atoms with Gasteiger partial charge in [-0.15, -0.1) is 0 Å². The highest BCUT2D eigenvalue weighted by Crippen LogP contribution is 2.47. The van der Waals surface area contributed by atoms with Crippen LogP contribution in [0.1, 0.15) is 64.9 Å². The lowest BCUT2D eigenvalue weighted by Gasteiger charge is -2.42. The van der Waals surface area contributed by atoms with E-state index >= 15 is 0 Å². The molecule has 1 aromatic carbocycles. The van der Waals surface area contributed by atoms with E-state index in [9.17, 15) is 4.79 Å². The molecular weight excluding hydrogens is 244 g/mol. The second-order valence-corrected chi connectivity index (χ2v) is 7.74. The summed E-state index contributed by atoms with van der Waals surface area (Å²) in [5.41, 5.74) is 1.86. The van der Waals surface area contributed by atoms with Crippen LogP contribution in [-0.2, 0) is 11.2 Å². The fourth-order valence-electron chi connectivity index (χ4n) is 4.05. The third-order valence-electron chi connectivity index (χ3n) is 4.54. The van der Waals surface area contributed by atoms with Crippen LogP contribution in [0.15, 0.2) is 30.3 Å². The van der Waals surface area contributed by atoms with Crippen molar-refractivity contribution in [3.05, 3.63) is 35.9 Å². The van der Waals surface area contributed by atoms with Crippen molar-refractivity contribution in [3.63, 3.8) is 0 Å². The predicted octanol–water partition coefficient (Wildman–Crippen LogP) is 5.18. The minimum Gasteiger partial charge on any atom is -0.300 e. The lowest BCUT2D eigenvalue weighted by Crippen LogP contribution is -2.35. The van der Waals surface area contributed by atoms with E-state index in [1.165, 1.54) is 31.2 Å². The van der Waals surface area contributed by atoms with Crippen molar-refractivity contribution in [1.82, 2.24) is 0 Å². The van der Waals surface area contributed by atoms with Gasteiger partial charge >= 0.3 is 0 Å². The first-order valence-electron chi connectivity index (χ1n) is 7.94. The van der Waals surface area contributed by atoms with E-state index in [-0.39, 0.29) is 10.8 Å². The van der Waals surface area contributed by atoms with Crippen LogP contribution in [0.5, 0.6) is 0 Å². The zero-order valence-electron chi connectivity index (χ0n) is 13.2. The monoisotopic (exact) mass is 272 g/mol. The number of rotatable bonds is 5. The summed E-state index contributed by atoms with van der Waals surface area (Å²) in [7, 11) is 0. The van der Waals surface area contributed by atoms with Gasteiger partial charge in [-0.3, -0.25) is 4.79 Å². The minimum atomic E-state index is 0.198. The number of benzene rings is 1. The van der Waals surface area contributed by atoms with Gasteiger partial charge in [-0.05, 0) is 42.1 Å². The Labute approximate surface area is 123 Å². The van der Waals surface area contributed by atoms with Gasteiger partial charge < -0.3 is 0 Å². The third kappa shape index (κ3) is 4.47. The molecule has 0 aromatic heterocycles. The first kappa shape index (κ1) is 15.3. The van der Waals surface area contributed by atoms with Crippen LogP contribution in [-0.4, -0.2) is 5.78 Å². The summed E-state index contributed by atoms with van der Waals surface area (Å²) in [6, 6.07) is 10.7. The number of carbonyl (C=O) groups excluding carboxylic acids is 1. The van der Waals surface area contributed by atoms with Crippen molar-refractivity contribution in [1.29, 1.82) is 0 Å². The van der Waals surface area contributed by atoms with Crippen LogP contribution in [0.25, 0.3) is 0 Å². The van der Waals surface area contributed by atoms with Gasteiger partial charge in [-0.2, -0.15) is 0 Å². The van der Waals surface area contributed by atoms with Gasteiger partial charge in [0.1, 0.15) is 5.78 Å². The average molecular weight is 272 g/mol. The van der Waals surface area contributed by atoms with Crippen LogP contribution in [0.2, 0.25) is 0 Å². The van der Waals surface area contributed by atoms with E-state index in [1.807, 2.05) is 0 Å². The van der Waals surface area contributed by atoms with Crippen molar-refractivity contribution in [2.75, 3.05) is 0 Å². The maximum atomic E-state index is 11.9. The fraction of sp³-hybridized carbons (Fsp3) is 0.632. The Morgan fingerprint density at radius 1 is 1.00 bits per heavy atom. The Hall–Kier alpha value is -1.11. The summed E-state index contributed by atoms with van der Waals surface area (Å²) in [4.78, 5) is 11.9. The molecule has 0 saturated heterocycles. The summed E-state index contributed by atoms with van der Waals surface area (Å²) in [5.74, 6) is 0.465. The first-order chi connectivity index (χ1) is 9.39. The molecule has 1 aromatic rings. The van der Waals surface area contributed by atoms with Gasteiger partial charge in [-0.25, -0.2) is 0 Å². The molecule has 0 bridgehead atoms. The van der Waals surface area contributed by atoms with Crippen LogP contribution >= 0.6 is 0 Å². The van der Waals surface area contributed by atoms with Crippen molar-refractivity contribution < 1.29 is 4.79 Å². The Balaban J connectivity index is 1.79. The number of unbranched alkanes of at least 4 members (excludes halogenated alkanes) is 1. The third-order valence-corrected chi connectivity index (χ3v) is 4.54. The number of hydrogen-bond donors (Lipinski definition) is 0. The summed E-state index contributed by atoms with van der Waals surface area (Å²) in [6.07, 6.45) is 7.57. The number of Topliss-reactive ketones (excluding diaryl/α,β-unsaturated/α-hetero) is 1. The number of carbonyl (C=O) groups is 1. The van der Waals surface area contributed by atoms with E-state index in [2.05, 4.69) is 51.1 Å². The van der Waals surface area contributed by atoms with Crippen molar-refractivity contribution >= 4 is 5.78 Å². The van der Waals surface area contributed by atoms with Gasteiger partial charge in [0.05, 0.1) is 0 Å². The highest BCUT2D eigenvalue weighted by molar-refractivity contribution is 5.80. The summed E-state index contributed by atoms with van der Waals surface area (Å²) in [5, 5.41) is 0. The summed E-state index contributed by atoms with van der Waals surface area (Å²) >= 11 is 0. The lowest BCUT2D eigenvalue weighted by molar-refractivity contribution is -0.127. The van der Waals surface area contributed by atoms with Crippen molar-refractivity contribution in [2.24, 2.45) is 10.8 Å². The van der Waals surface area contributed by atoms with Crippen LogP contribution < -0.4 is 0 Å². The molecule has 0 spiro atoms. The number of ketones is 1. The molecular formula is C19H28O. The molecule has 0 heterocycles. The Bertz CT molecular complexity index is 446. The average Bonchev–Trinajstić information content (AvgIpc) is 2.33. The quantitative estimate of drug-likeness (QED) is 0.675. The first-order valence-corrected chi connectivity index (χ1v) is 7.94. The van der Waals surface area contributed by atoms with Crippen LogP contribution in [0.4, 0.5) is 0 Å². The summed E-state index contributed by atoms with van der Waals surface area (Å²) in [6.45, 7) is 6.80. The Morgan fingerprint density at radius 3 is 2.35 bits per heavy atom. The zero-order valence-corrected chi connectivity index (χ0v) is 13.2. The highest BCUT2D eigenvalue weighted by atomic mass is 16.1. The molecule has 1 nitrogen and oxygen atoms in total. The van der Waals surface area contributed by atoms with Gasteiger partial charge in [0.25, 0.3) is 0 Å². The molecule has 1 atom stereocenters. The standard InChI is InChI=1S/C19H28O/c1-18(2)13-17(20)14-19(3,15-18)12-8-7-11-16-9-5-4-6-10-16/h4-6,9-10H,7-8,11-15H2,1-3H3/t19-/m1/s1. The Morgan fingerprint density at radius 2 is 1.70 bits per heavy atom. The molecule has 0 amide bonds. The maximum absolute atomic E-state index is 11.9. The van der Waals surface area contributed by atoms with Crippen LogP contribution in [0.3, 0.4) is 0 Å².